The van der Waals surface area contributed by atoms with E-state index in [0.29, 0.717) is 11.4 Å². The molecule has 25 heavy (non-hydrogen) atoms. The summed E-state index contributed by atoms with van der Waals surface area (Å²) in [5.41, 5.74) is 3.49. The molecule has 6 nitrogen and oxygen atoms in total. The van der Waals surface area contributed by atoms with Gasteiger partial charge in [0.25, 0.3) is 0 Å². The first kappa shape index (κ1) is 16.8. The summed E-state index contributed by atoms with van der Waals surface area (Å²) in [6.45, 7) is 0. The maximum Gasteiger partial charge on any atom is 0.229 e. The van der Waals surface area contributed by atoms with E-state index in [1.165, 1.54) is 0 Å². The highest BCUT2D eigenvalue weighted by molar-refractivity contribution is 7.92. The molecule has 0 saturated carbocycles. The lowest BCUT2D eigenvalue weighted by Crippen LogP contribution is -2.09. The van der Waals surface area contributed by atoms with E-state index < -0.39 is 10.0 Å². The number of rotatable bonds is 5. The topological polar surface area (TPSA) is 91.3 Å². The fourth-order valence-corrected chi connectivity index (χ4v) is 2.98. The number of aromatic hydroxyl groups is 1. The molecule has 2 aromatic carbocycles. The Labute approximate surface area is 146 Å². The second-order valence-corrected chi connectivity index (χ2v) is 7.34. The van der Waals surface area contributed by atoms with Gasteiger partial charge in [0.05, 0.1) is 18.1 Å². The van der Waals surface area contributed by atoms with Gasteiger partial charge >= 0.3 is 0 Å². The number of hydrogen-bond donors (Lipinski definition) is 3. The molecule has 0 atom stereocenters. The van der Waals surface area contributed by atoms with Gasteiger partial charge in [-0.3, -0.25) is 9.71 Å². The predicted molar refractivity (Wildman–Crippen MR) is 99.5 cm³/mol. The van der Waals surface area contributed by atoms with Gasteiger partial charge in [-0.2, -0.15) is 0 Å². The summed E-state index contributed by atoms with van der Waals surface area (Å²) in [4.78, 5) is 4.04. The van der Waals surface area contributed by atoms with E-state index in [1.54, 1.807) is 42.7 Å². The molecule has 1 heterocycles. The van der Waals surface area contributed by atoms with Crippen LogP contribution in [0.4, 0.5) is 17.1 Å². The fourth-order valence-electron chi connectivity index (χ4n) is 2.43. The van der Waals surface area contributed by atoms with Gasteiger partial charge in [-0.1, -0.05) is 12.1 Å². The zero-order valence-electron chi connectivity index (χ0n) is 13.5. The molecule has 0 aliphatic rings. The predicted octanol–water partition coefficient (Wildman–Crippen LogP) is 3.57. The molecular weight excluding hydrogens is 338 g/mol. The van der Waals surface area contributed by atoms with Crippen molar-refractivity contribution in [1.82, 2.24) is 4.98 Å². The number of sulfonamides is 1. The molecular formula is C18H17N3O3S. The van der Waals surface area contributed by atoms with Gasteiger partial charge < -0.3 is 10.4 Å². The first-order valence-corrected chi connectivity index (χ1v) is 9.37. The highest BCUT2D eigenvalue weighted by Crippen LogP contribution is 2.30. The number of nitrogens with zero attached hydrogens (tertiary/aromatic N) is 1. The summed E-state index contributed by atoms with van der Waals surface area (Å²) in [6, 6.07) is 15.7. The Kier molecular flexibility index (Phi) is 4.58. The molecule has 0 amide bonds. The Bertz CT molecular complexity index is 989. The normalized spacial score (nSPS) is 11.1. The summed E-state index contributed by atoms with van der Waals surface area (Å²) in [6.07, 6.45) is 4.46. The van der Waals surface area contributed by atoms with E-state index in [9.17, 15) is 13.5 Å². The fraction of sp³-hybridized carbons (Fsp3) is 0.0556. The van der Waals surface area contributed by atoms with Crippen LogP contribution in [-0.2, 0) is 10.0 Å². The first-order valence-electron chi connectivity index (χ1n) is 7.48. The maximum absolute atomic E-state index is 11.4. The van der Waals surface area contributed by atoms with Gasteiger partial charge in [0.2, 0.25) is 10.0 Å². The van der Waals surface area contributed by atoms with Gasteiger partial charge in [0.15, 0.2) is 0 Å². The molecule has 7 heteroatoms. The minimum atomic E-state index is -3.35. The van der Waals surface area contributed by atoms with Crippen molar-refractivity contribution in [3.8, 4) is 16.9 Å². The van der Waals surface area contributed by atoms with Crippen LogP contribution in [0.1, 0.15) is 0 Å². The molecule has 0 spiro atoms. The average Bonchev–Trinajstić information content (AvgIpc) is 2.54. The Hall–Kier alpha value is -3.06. The number of hydrogen-bond acceptors (Lipinski definition) is 5. The lowest BCUT2D eigenvalue weighted by atomic mass is 10.0. The van der Waals surface area contributed by atoms with Crippen molar-refractivity contribution in [2.45, 2.75) is 0 Å². The van der Waals surface area contributed by atoms with Crippen molar-refractivity contribution in [3.63, 3.8) is 0 Å². The number of anilines is 3. The van der Waals surface area contributed by atoms with Crippen molar-refractivity contribution >= 4 is 27.1 Å². The molecule has 0 bridgehead atoms. The Morgan fingerprint density at radius 3 is 2.40 bits per heavy atom. The molecule has 128 valence electrons. The van der Waals surface area contributed by atoms with E-state index in [2.05, 4.69) is 15.0 Å². The van der Waals surface area contributed by atoms with Crippen LogP contribution in [0, 0.1) is 0 Å². The lowest BCUT2D eigenvalue weighted by molar-refractivity contribution is 0.476. The van der Waals surface area contributed by atoms with Crippen molar-refractivity contribution in [2.24, 2.45) is 0 Å². The number of phenols is 1. The number of phenolic OH excluding ortho intramolecular Hbond substituents is 1. The van der Waals surface area contributed by atoms with Crippen LogP contribution in [0.25, 0.3) is 11.1 Å². The molecule has 0 saturated heterocycles. The summed E-state index contributed by atoms with van der Waals surface area (Å²) < 4.78 is 25.2. The standard InChI is InChI=1S/C18H17N3O3S/c1-25(23,24)21-15-5-2-4-13(8-15)14-9-17(11-18(22)10-14)20-16-6-3-7-19-12-16/h2-12,20-22H,1H3. The monoisotopic (exact) mass is 355 g/mol. The van der Waals surface area contributed by atoms with Crippen LogP contribution in [0.5, 0.6) is 5.75 Å². The van der Waals surface area contributed by atoms with Crippen molar-refractivity contribution in [2.75, 3.05) is 16.3 Å². The third-order valence-corrected chi connectivity index (χ3v) is 3.97. The van der Waals surface area contributed by atoms with Crippen molar-refractivity contribution < 1.29 is 13.5 Å². The van der Waals surface area contributed by atoms with Crippen LogP contribution >= 0.6 is 0 Å². The summed E-state index contributed by atoms with van der Waals surface area (Å²) in [7, 11) is -3.35. The van der Waals surface area contributed by atoms with Crippen LogP contribution in [-0.4, -0.2) is 24.8 Å². The van der Waals surface area contributed by atoms with Gasteiger partial charge in [0, 0.05) is 23.6 Å². The van der Waals surface area contributed by atoms with Crippen LogP contribution in [0.3, 0.4) is 0 Å². The van der Waals surface area contributed by atoms with Crippen molar-refractivity contribution in [3.05, 3.63) is 67.0 Å². The van der Waals surface area contributed by atoms with E-state index >= 15 is 0 Å². The first-order chi connectivity index (χ1) is 11.9. The minimum absolute atomic E-state index is 0.102. The highest BCUT2D eigenvalue weighted by atomic mass is 32.2. The molecule has 3 N–H and O–H groups in total. The Morgan fingerprint density at radius 1 is 0.920 bits per heavy atom. The molecule has 0 radical (unpaired) electrons. The van der Waals surface area contributed by atoms with Crippen molar-refractivity contribution in [1.29, 1.82) is 0 Å². The van der Waals surface area contributed by atoms with Gasteiger partial charge in [-0.15, -0.1) is 0 Å². The number of benzene rings is 2. The zero-order valence-corrected chi connectivity index (χ0v) is 14.3. The van der Waals surface area contributed by atoms with Gasteiger partial charge in [-0.25, -0.2) is 8.42 Å². The molecule has 0 fully saturated rings. The molecule has 0 aliphatic heterocycles. The summed E-state index contributed by atoms with van der Waals surface area (Å²) in [5.74, 6) is 0.102. The number of pyridine rings is 1. The smallest absolute Gasteiger partial charge is 0.229 e. The Morgan fingerprint density at radius 2 is 1.68 bits per heavy atom. The molecule has 3 rings (SSSR count). The number of nitrogens with one attached hydrogen (secondary N) is 2. The van der Waals surface area contributed by atoms with E-state index in [0.717, 1.165) is 23.1 Å². The average molecular weight is 355 g/mol. The van der Waals surface area contributed by atoms with Gasteiger partial charge in [0.1, 0.15) is 5.75 Å². The summed E-state index contributed by atoms with van der Waals surface area (Å²) in [5, 5.41) is 13.2. The molecule has 3 aromatic rings. The Balaban J connectivity index is 1.94. The maximum atomic E-state index is 11.4. The third kappa shape index (κ3) is 4.71. The zero-order chi connectivity index (χ0) is 17.9. The quantitative estimate of drug-likeness (QED) is 0.651. The van der Waals surface area contributed by atoms with E-state index in [4.69, 9.17) is 0 Å². The van der Waals surface area contributed by atoms with Crippen LogP contribution in [0.2, 0.25) is 0 Å². The summed E-state index contributed by atoms with van der Waals surface area (Å²) >= 11 is 0. The van der Waals surface area contributed by atoms with E-state index in [-0.39, 0.29) is 5.75 Å². The van der Waals surface area contributed by atoms with Crippen LogP contribution < -0.4 is 10.0 Å². The second kappa shape index (κ2) is 6.82. The minimum Gasteiger partial charge on any atom is -0.508 e. The lowest BCUT2D eigenvalue weighted by Gasteiger charge is -2.11. The van der Waals surface area contributed by atoms with Crippen LogP contribution in [0.15, 0.2) is 67.0 Å². The largest absolute Gasteiger partial charge is 0.508 e. The SMILES string of the molecule is CS(=O)(=O)Nc1cccc(-c2cc(O)cc(Nc3cccnc3)c2)c1. The molecule has 1 aromatic heterocycles. The van der Waals surface area contributed by atoms with E-state index in [1.807, 2.05) is 24.3 Å². The molecule has 0 unspecified atom stereocenters. The molecule has 0 aliphatic carbocycles. The number of aromatic nitrogens is 1. The second-order valence-electron chi connectivity index (χ2n) is 5.59. The van der Waals surface area contributed by atoms with Gasteiger partial charge in [-0.05, 0) is 47.5 Å². The highest BCUT2D eigenvalue weighted by Gasteiger charge is 2.07. The third-order valence-electron chi connectivity index (χ3n) is 3.37.